The second-order valence-corrected chi connectivity index (χ2v) is 13.2. The van der Waals surface area contributed by atoms with Crippen molar-refractivity contribution in [3.05, 3.63) is 65.2 Å². The quantitative estimate of drug-likeness (QED) is 0.161. The van der Waals surface area contributed by atoms with E-state index in [1.54, 1.807) is 0 Å². The summed E-state index contributed by atoms with van der Waals surface area (Å²) in [7, 11) is 0. The molecular formula is C20H27N4O11PSe. The van der Waals surface area contributed by atoms with Gasteiger partial charge in [-0.1, -0.05) is 0 Å². The van der Waals surface area contributed by atoms with Crippen molar-refractivity contribution in [1.29, 1.82) is 0 Å². The van der Waals surface area contributed by atoms with Crippen LogP contribution >= 0.6 is 6.19 Å². The van der Waals surface area contributed by atoms with Gasteiger partial charge >= 0.3 is 216 Å². The number of aryl methyl sites for hydroxylation is 2. The predicted octanol–water partition coefficient (Wildman–Crippen LogP) is -2.13. The summed E-state index contributed by atoms with van der Waals surface area (Å²) in [6.45, 7) is 2.28. The van der Waals surface area contributed by atoms with Gasteiger partial charge in [0.1, 0.15) is 0 Å². The summed E-state index contributed by atoms with van der Waals surface area (Å²) in [6.07, 6.45) is -6.34. The standard InChI is InChI=1S/C20H27N4O11PSe/c1-9-5-23(19(29)21-17(9)27)15-3-11(26)14(34-15)8-32-36(31,37)35-12-4-16(33-13(12)7-25)24-6-10(2)18(28)22-20(24)30/h5-6,11-16,25-26H,3-4,7-8H2,1-2H3,(H,31,37)(H,21,27,29)(H,22,28,30)/t11-,12-,13+,14+,15+,16+,36-/m0/s1. The monoisotopic (exact) mass is 610 g/mol. The Balaban J connectivity index is 1.39. The first kappa shape index (κ1) is 28.0. The van der Waals surface area contributed by atoms with Crippen LogP contribution in [-0.2, 0) is 18.5 Å². The molecule has 0 bridgehead atoms. The molecule has 2 fully saturated rings. The van der Waals surface area contributed by atoms with Crippen molar-refractivity contribution in [2.75, 3.05) is 13.2 Å². The van der Waals surface area contributed by atoms with Gasteiger partial charge in [0.2, 0.25) is 0 Å². The second kappa shape index (κ2) is 11.0. The molecule has 2 aliphatic heterocycles. The summed E-state index contributed by atoms with van der Waals surface area (Å²) in [5.41, 5.74) is -1.84. The normalized spacial score (nSPS) is 29.4. The number of aliphatic hydroxyl groups is 2. The number of aliphatic hydroxyl groups excluding tert-OH is 2. The van der Waals surface area contributed by atoms with Crippen molar-refractivity contribution < 1.29 is 33.6 Å². The Hall–Kier alpha value is -1.97. The Morgan fingerprint density at radius 3 is 2.05 bits per heavy atom. The molecule has 0 saturated carbocycles. The van der Waals surface area contributed by atoms with Crippen LogP contribution < -0.4 is 22.5 Å². The Morgan fingerprint density at radius 1 is 1.00 bits per heavy atom. The van der Waals surface area contributed by atoms with Gasteiger partial charge in [0.15, 0.2) is 0 Å². The molecule has 2 saturated heterocycles. The third kappa shape index (κ3) is 6.20. The molecule has 0 spiro atoms. The van der Waals surface area contributed by atoms with Gasteiger partial charge in [0.25, 0.3) is 0 Å². The fourth-order valence-electron chi connectivity index (χ4n) is 4.15. The number of aromatic amines is 2. The van der Waals surface area contributed by atoms with E-state index in [0.717, 1.165) is 4.57 Å². The fraction of sp³-hybridized carbons (Fsp3) is 0.600. The number of nitrogens with zero attached hydrogens (tertiary/aromatic N) is 2. The third-order valence-corrected chi connectivity index (χ3v) is 8.37. The van der Waals surface area contributed by atoms with Crippen LogP contribution in [0.5, 0.6) is 0 Å². The first-order valence-corrected chi connectivity index (χ1v) is 15.1. The predicted molar refractivity (Wildman–Crippen MR) is 128 cm³/mol. The molecule has 0 aromatic carbocycles. The number of aromatic nitrogens is 4. The van der Waals surface area contributed by atoms with Crippen LogP contribution in [0.1, 0.15) is 36.4 Å². The van der Waals surface area contributed by atoms with Gasteiger partial charge in [-0.05, 0) is 0 Å². The number of ether oxygens (including phenoxy) is 2. The molecule has 0 amide bonds. The summed E-state index contributed by atoms with van der Waals surface area (Å²) in [6, 6.07) is 0. The van der Waals surface area contributed by atoms with Gasteiger partial charge < -0.3 is 0 Å². The Kier molecular flexibility index (Phi) is 8.36. The third-order valence-electron chi connectivity index (χ3n) is 6.15. The molecule has 2 aromatic rings. The van der Waals surface area contributed by atoms with Gasteiger partial charge in [0, 0.05) is 0 Å². The molecule has 0 aliphatic carbocycles. The van der Waals surface area contributed by atoms with Crippen LogP contribution in [-0.4, -0.2) is 86.9 Å². The molecule has 7 atom stereocenters. The van der Waals surface area contributed by atoms with E-state index in [1.807, 2.05) is 0 Å². The summed E-state index contributed by atoms with van der Waals surface area (Å²) in [5, 5.41) is 20.1. The first-order chi connectivity index (χ1) is 17.4. The van der Waals surface area contributed by atoms with Gasteiger partial charge in [-0.25, -0.2) is 0 Å². The van der Waals surface area contributed by atoms with E-state index >= 15 is 0 Å². The van der Waals surface area contributed by atoms with Crippen LogP contribution in [0.4, 0.5) is 0 Å². The van der Waals surface area contributed by atoms with Gasteiger partial charge in [0.05, 0.1) is 0 Å². The molecule has 2 aromatic heterocycles. The summed E-state index contributed by atoms with van der Waals surface area (Å²) < 4.78 is 24.9. The number of H-pyrrole nitrogens is 2. The maximum atomic E-state index is 12.2. The molecule has 4 heterocycles. The zero-order valence-electron chi connectivity index (χ0n) is 19.8. The number of hydrogen-bond acceptors (Lipinski definition) is 11. The summed E-state index contributed by atoms with van der Waals surface area (Å²) in [5.74, 6) is 0. The molecule has 5 N–H and O–H groups in total. The second-order valence-electron chi connectivity index (χ2n) is 8.85. The molecule has 37 heavy (non-hydrogen) atoms. The number of nitrogens with one attached hydrogen (secondary N) is 2. The zero-order valence-corrected chi connectivity index (χ0v) is 22.4. The van der Waals surface area contributed by atoms with Crippen molar-refractivity contribution in [1.82, 2.24) is 19.1 Å². The van der Waals surface area contributed by atoms with Crippen molar-refractivity contribution in [2.24, 2.45) is 0 Å². The van der Waals surface area contributed by atoms with E-state index in [-0.39, 0.29) is 25.0 Å². The fourth-order valence-corrected chi connectivity index (χ4v) is 6.19. The van der Waals surface area contributed by atoms with Crippen molar-refractivity contribution in [3.63, 3.8) is 0 Å². The molecule has 4 rings (SSSR count). The SMILES string of the molecule is Cc1cn([C@H]2C[C@H](O[P@@](O)(=[Se])OC[C@H]3O[C@@H](n4cc(C)c(=O)[nH]c4=O)C[C@@H]3O)[C@@H](CO)O2)c(=O)[nH]c1=O. The van der Waals surface area contributed by atoms with Gasteiger partial charge in [-0.3, -0.25) is 0 Å². The van der Waals surface area contributed by atoms with Gasteiger partial charge in [-0.2, -0.15) is 0 Å². The average molecular weight is 609 g/mol. The minimum atomic E-state index is -3.65. The van der Waals surface area contributed by atoms with Crippen molar-refractivity contribution >= 4 is 21.3 Å². The summed E-state index contributed by atoms with van der Waals surface area (Å²) >= 11 is 2.45. The van der Waals surface area contributed by atoms with E-state index in [1.165, 1.54) is 30.8 Å². The van der Waals surface area contributed by atoms with E-state index < -0.39 is 72.2 Å². The molecule has 0 radical (unpaired) electrons. The van der Waals surface area contributed by atoms with E-state index in [2.05, 4.69) is 25.1 Å². The van der Waals surface area contributed by atoms with Crippen LogP contribution in [0.2, 0.25) is 0 Å². The van der Waals surface area contributed by atoms with E-state index in [4.69, 9.17) is 18.5 Å². The number of rotatable bonds is 8. The van der Waals surface area contributed by atoms with Crippen LogP contribution in [0.15, 0.2) is 31.6 Å². The van der Waals surface area contributed by atoms with Crippen LogP contribution in [0.3, 0.4) is 0 Å². The average Bonchev–Trinajstić information content (AvgIpc) is 3.39. The van der Waals surface area contributed by atoms with Crippen molar-refractivity contribution in [3.8, 4) is 0 Å². The van der Waals surface area contributed by atoms with Crippen LogP contribution in [0, 0.1) is 13.8 Å². The molecular weight excluding hydrogens is 582 g/mol. The maximum absolute atomic E-state index is 12.2. The molecule has 0 unspecified atom stereocenters. The Morgan fingerprint density at radius 2 is 1.51 bits per heavy atom. The first-order valence-electron chi connectivity index (χ1n) is 11.3. The number of hydrogen-bond donors (Lipinski definition) is 5. The zero-order chi connectivity index (χ0) is 27.1. The van der Waals surface area contributed by atoms with Crippen molar-refractivity contribution in [2.45, 2.75) is 63.6 Å². The Bertz CT molecular complexity index is 1430. The summed E-state index contributed by atoms with van der Waals surface area (Å²) in [4.78, 5) is 62.7. The molecule has 17 heteroatoms. The minimum absolute atomic E-state index is 0.0443. The molecule has 15 nitrogen and oxygen atoms in total. The van der Waals surface area contributed by atoms with Gasteiger partial charge in [-0.15, -0.1) is 0 Å². The van der Waals surface area contributed by atoms with E-state index in [0.29, 0.717) is 5.56 Å². The Labute approximate surface area is 216 Å². The van der Waals surface area contributed by atoms with Crippen LogP contribution in [0.25, 0.3) is 0 Å². The van der Waals surface area contributed by atoms with E-state index in [9.17, 15) is 34.3 Å². The molecule has 2 aliphatic rings. The topological polar surface area (TPSA) is 207 Å². The molecule has 204 valence electrons.